The van der Waals surface area contributed by atoms with Crippen molar-refractivity contribution in [3.63, 3.8) is 0 Å². The SMILES string of the molecule is C.CCCCCCCC/C=C\CCCCCCCC(=O)CCc1sc2c(c1C(=O)NCCCN(C)C)CCN(C(=O)CCCCCOC(=O)C(CCCCCCCC)CCCCCCCC)C2.[HH]. The molecule has 1 aliphatic rings. The number of amides is 2. The monoisotopic (exact) mass is 958 g/mol. The third-order valence-electron chi connectivity index (χ3n) is 13.6. The summed E-state index contributed by atoms with van der Waals surface area (Å²) in [6.45, 7) is 9.83. The van der Waals surface area contributed by atoms with Gasteiger partial charge in [-0.25, -0.2) is 0 Å². The van der Waals surface area contributed by atoms with Crippen LogP contribution in [0, 0.1) is 5.92 Å². The van der Waals surface area contributed by atoms with Gasteiger partial charge in [-0.3, -0.25) is 19.2 Å². The van der Waals surface area contributed by atoms with Crippen molar-refractivity contribution >= 4 is 34.9 Å². The van der Waals surface area contributed by atoms with Crippen molar-refractivity contribution < 1.29 is 25.3 Å². The summed E-state index contributed by atoms with van der Waals surface area (Å²) in [5, 5.41) is 3.17. The van der Waals surface area contributed by atoms with Gasteiger partial charge in [-0.1, -0.05) is 169 Å². The number of unbranched alkanes of at least 4 members (excludes halogenated alkanes) is 23. The highest BCUT2D eigenvalue weighted by molar-refractivity contribution is 7.12. The van der Waals surface area contributed by atoms with Crippen LogP contribution in [0.4, 0.5) is 0 Å². The van der Waals surface area contributed by atoms with Gasteiger partial charge in [-0.2, -0.15) is 0 Å². The fraction of sp³-hybridized carbons (Fsp3) is 0.828. The molecule has 390 valence electrons. The third kappa shape index (κ3) is 30.6. The number of fused-ring (bicyclic) bond motifs is 1. The van der Waals surface area contributed by atoms with Crippen molar-refractivity contribution in [1.29, 1.82) is 0 Å². The summed E-state index contributed by atoms with van der Waals surface area (Å²) < 4.78 is 5.84. The number of rotatable bonds is 44. The number of nitrogens with one attached hydrogen (secondary N) is 1. The molecule has 2 heterocycles. The summed E-state index contributed by atoms with van der Waals surface area (Å²) in [7, 11) is 4.08. The van der Waals surface area contributed by atoms with Crippen LogP contribution in [-0.4, -0.2) is 73.7 Å². The lowest BCUT2D eigenvalue weighted by Gasteiger charge is -2.27. The quantitative estimate of drug-likeness (QED) is 0.0398. The zero-order valence-electron chi connectivity index (χ0n) is 43.6. The number of ketones is 1. The van der Waals surface area contributed by atoms with Crippen LogP contribution in [0.15, 0.2) is 12.2 Å². The molecule has 0 saturated heterocycles. The van der Waals surface area contributed by atoms with Gasteiger partial charge in [-0.15, -0.1) is 11.3 Å². The molecule has 1 aliphatic heterocycles. The predicted octanol–water partition coefficient (Wildman–Crippen LogP) is 16.0. The second kappa shape index (κ2) is 42.4. The summed E-state index contributed by atoms with van der Waals surface area (Å²) in [6, 6.07) is 0. The molecule has 67 heavy (non-hydrogen) atoms. The number of nitrogens with zero attached hydrogens (tertiary/aromatic N) is 2. The standard InChI is InChI=1S/C57H101N3O5S.CH4.H2/c1-6-9-12-15-18-19-20-21-22-23-24-25-26-29-33-39-50(61)41-42-52-55(56(63)58-44-36-45-59(4)5)51-43-46-60(48-53(51)66-52)54(62)40-34-30-35-47-65-57(64)49(37-31-27-16-13-10-7-2)38-32-28-17-14-11-8-3;;/h21-22,49H,6-20,23-48H2,1-5H3,(H,58,63);1H4;1H/b22-21-;;. The minimum absolute atomic E-state index is 0. The smallest absolute Gasteiger partial charge is 0.308 e. The largest absolute Gasteiger partial charge is 0.465 e. The van der Waals surface area contributed by atoms with Crippen LogP contribution in [-0.2, 0) is 38.5 Å². The van der Waals surface area contributed by atoms with Crippen molar-refractivity contribution in [1.82, 2.24) is 15.1 Å². The number of hydrogen-bond donors (Lipinski definition) is 1. The van der Waals surface area contributed by atoms with Gasteiger partial charge < -0.3 is 19.9 Å². The summed E-state index contributed by atoms with van der Waals surface area (Å²) in [5.74, 6) is 0.391. The van der Waals surface area contributed by atoms with E-state index in [2.05, 4.69) is 43.1 Å². The van der Waals surface area contributed by atoms with Crippen molar-refractivity contribution in [2.24, 2.45) is 5.92 Å². The van der Waals surface area contributed by atoms with E-state index in [0.29, 0.717) is 58.3 Å². The van der Waals surface area contributed by atoms with Crippen molar-refractivity contribution in [3.8, 4) is 0 Å². The minimum Gasteiger partial charge on any atom is -0.465 e. The molecule has 0 aliphatic carbocycles. The Hall–Kier alpha value is -2.52. The lowest BCUT2D eigenvalue weighted by atomic mass is 9.94. The van der Waals surface area contributed by atoms with Crippen LogP contribution in [0.25, 0.3) is 0 Å². The third-order valence-corrected chi connectivity index (χ3v) is 14.8. The van der Waals surface area contributed by atoms with Crippen molar-refractivity contribution in [2.75, 3.05) is 40.3 Å². The van der Waals surface area contributed by atoms with Gasteiger partial charge in [0.15, 0.2) is 0 Å². The molecule has 2 amide bonds. The molecule has 0 atom stereocenters. The molecule has 0 aromatic carbocycles. The lowest BCUT2D eigenvalue weighted by molar-refractivity contribution is -0.149. The van der Waals surface area contributed by atoms with E-state index < -0.39 is 0 Å². The van der Waals surface area contributed by atoms with Crippen molar-refractivity contribution in [3.05, 3.63) is 33.0 Å². The number of hydrogen-bond acceptors (Lipinski definition) is 7. The van der Waals surface area contributed by atoms with E-state index in [1.165, 1.54) is 128 Å². The van der Waals surface area contributed by atoms with Crippen molar-refractivity contribution in [2.45, 2.75) is 266 Å². The Labute approximate surface area is 418 Å². The molecule has 0 saturated carbocycles. The Bertz CT molecular complexity index is 1430. The molecule has 0 spiro atoms. The Morgan fingerprint density at radius 3 is 1.78 bits per heavy atom. The van der Waals surface area contributed by atoms with Gasteiger partial charge in [0.2, 0.25) is 5.91 Å². The van der Waals surface area contributed by atoms with Gasteiger partial charge in [-0.05, 0) is 110 Å². The summed E-state index contributed by atoms with van der Waals surface area (Å²) >= 11 is 1.64. The number of esters is 1. The molecule has 9 heteroatoms. The van der Waals surface area contributed by atoms with Gasteiger partial charge in [0.25, 0.3) is 5.91 Å². The Kier molecular flexibility index (Phi) is 39.5. The topological polar surface area (TPSA) is 96.0 Å². The molecular weight excluding hydrogens is 851 g/mol. The number of carbonyl (C=O) groups is 4. The van der Waals surface area contributed by atoms with Gasteiger partial charge in [0, 0.05) is 43.5 Å². The lowest BCUT2D eigenvalue weighted by Crippen LogP contribution is -2.36. The number of Topliss-reactive ketones (excluding diaryl/α,β-unsaturated/α-hetero) is 1. The molecule has 0 unspecified atom stereocenters. The average Bonchev–Trinajstić information content (AvgIpc) is 3.68. The maximum Gasteiger partial charge on any atom is 0.308 e. The maximum atomic E-state index is 13.7. The first-order valence-electron chi connectivity index (χ1n) is 27.9. The Morgan fingerprint density at radius 1 is 0.672 bits per heavy atom. The number of aryl methyl sites for hydroxylation is 1. The maximum absolute atomic E-state index is 13.7. The molecule has 2 rings (SSSR count). The summed E-state index contributed by atoms with van der Waals surface area (Å²) in [4.78, 5) is 59.6. The van der Waals surface area contributed by atoms with Crippen LogP contribution >= 0.6 is 11.3 Å². The van der Waals surface area contributed by atoms with Crippen LogP contribution in [0.2, 0.25) is 0 Å². The van der Waals surface area contributed by atoms with Gasteiger partial charge in [0.1, 0.15) is 5.78 Å². The molecule has 0 fully saturated rings. The van der Waals surface area contributed by atoms with Crippen LogP contribution < -0.4 is 5.32 Å². The van der Waals surface area contributed by atoms with E-state index in [0.717, 1.165) is 98.1 Å². The highest BCUT2D eigenvalue weighted by Gasteiger charge is 2.29. The fourth-order valence-corrected chi connectivity index (χ4v) is 10.7. The zero-order chi connectivity index (χ0) is 47.9. The number of thiophene rings is 1. The highest BCUT2D eigenvalue weighted by Crippen LogP contribution is 2.35. The van der Waals surface area contributed by atoms with E-state index in [9.17, 15) is 19.2 Å². The number of carbonyl (C=O) groups excluding carboxylic acids is 4. The molecule has 0 bridgehead atoms. The molecular formula is C58H107N3O5S. The van der Waals surface area contributed by atoms with E-state index in [1.807, 2.05) is 19.0 Å². The van der Waals surface area contributed by atoms with Crippen LogP contribution in [0.5, 0.6) is 0 Å². The Balaban J connectivity index is 0.0000224. The van der Waals surface area contributed by atoms with Crippen LogP contribution in [0.1, 0.15) is 274 Å². The van der Waals surface area contributed by atoms with E-state index in [-0.39, 0.29) is 38.3 Å². The zero-order valence-corrected chi connectivity index (χ0v) is 44.4. The number of allylic oxidation sites excluding steroid dienone is 2. The first-order valence-corrected chi connectivity index (χ1v) is 28.7. The first-order chi connectivity index (χ1) is 32.2. The van der Waals surface area contributed by atoms with E-state index in [4.69, 9.17) is 4.74 Å². The van der Waals surface area contributed by atoms with Gasteiger partial charge in [0.05, 0.1) is 24.6 Å². The Morgan fingerprint density at radius 2 is 1.19 bits per heavy atom. The second-order valence-corrected chi connectivity index (χ2v) is 21.1. The molecule has 8 nitrogen and oxygen atoms in total. The summed E-state index contributed by atoms with van der Waals surface area (Å²) in [6.07, 6.45) is 43.6. The molecule has 0 radical (unpaired) electrons. The molecule has 1 aromatic heterocycles. The van der Waals surface area contributed by atoms with E-state index in [1.54, 1.807) is 11.3 Å². The minimum atomic E-state index is -0.0393. The second-order valence-electron chi connectivity index (χ2n) is 19.9. The van der Waals surface area contributed by atoms with Gasteiger partial charge >= 0.3 is 5.97 Å². The normalized spacial score (nSPS) is 12.6. The summed E-state index contributed by atoms with van der Waals surface area (Å²) in [5.41, 5.74) is 1.83. The number of ether oxygens (including phenoxy) is 1. The fourth-order valence-electron chi connectivity index (χ4n) is 9.30. The van der Waals surface area contributed by atoms with Crippen LogP contribution in [0.3, 0.4) is 0 Å². The highest BCUT2D eigenvalue weighted by atomic mass is 32.1. The predicted molar refractivity (Wildman–Crippen MR) is 289 cm³/mol. The first kappa shape index (κ1) is 62.5. The van der Waals surface area contributed by atoms with E-state index >= 15 is 0 Å². The average molecular weight is 959 g/mol. The molecule has 1 N–H and O–H groups in total. The molecule has 1 aromatic rings.